The second-order valence-electron chi connectivity index (χ2n) is 2.07. The van der Waals surface area contributed by atoms with Crippen LogP contribution in [0.5, 0.6) is 0 Å². The van der Waals surface area contributed by atoms with Gasteiger partial charge in [-0.3, -0.25) is 0 Å². The molecular weight excluding hydrogens is 189 g/mol. The van der Waals surface area contributed by atoms with E-state index in [2.05, 4.69) is 11.8 Å². The molecule has 1 atom stereocenters. The Balaban J connectivity index is 2.84. The number of halogens is 3. The molecule has 1 unspecified atom stereocenters. The van der Waals surface area contributed by atoms with E-state index in [0.717, 1.165) is 11.3 Å². The van der Waals surface area contributed by atoms with Gasteiger partial charge in [-0.05, 0) is 11.4 Å². The van der Waals surface area contributed by atoms with Gasteiger partial charge in [-0.1, -0.05) is 6.07 Å². The molecule has 1 nitrogen and oxygen atoms in total. The fourth-order valence-electron chi connectivity index (χ4n) is 0.746. The Morgan fingerprint density at radius 3 is 2.50 bits per heavy atom. The van der Waals surface area contributed by atoms with Crippen LogP contribution in [0.1, 0.15) is 11.0 Å². The zero-order valence-electron chi connectivity index (χ0n) is 5.84. The minimum Gasteiger partial charge on any atom is -0.354 e. The van der Waals surface area contributed by atoms with Crippen molar-refractivity contribution in [3.8, 4) is 0 Å². The topological polar surface area (TPSA) is 9.23 Å². The molecule has 12 heavy (non-hydrogen) atoms. The first-order chi connectivity index (χ1) is 5.55. The van der Waals surface area contributed by atoms with E-state index in [1.54, 1.807) is 0 Å². The normalized spacial score (nSPS) is 14.7. The highest BCUT2D eigenvalue weighted by atomic mass is 32.1. The van der Waals surface area contributed by atoms with Gasteiger partial charge in [0.2, 0.25) is 0 Å². The molecule has 0 amide bonds. The maximum Gasteiger partial charge on any atom is 0.419 e. The van der Waals surface area contributed by atoms with Crippen molar-refractivity contribution in [2.45, 2.75) is 12.3 Å². The lowest BCUT2D eigenvalue weighted by Gasteiger charge is -2.16. The number of hydrogen-bond acceptors (Lipinski definition) is 2. The first kappa shape index (κ1) is 9.54. The van der Waals surface area contributed by atoms with Crippen molar-refractivity contribution in [1.29, 1.82) is 0 Å². The first-order valence-corrected chi connectivity index (χ1v) is 3.89. The summed E-state index contributed by atoms with van der Waals surface area (Å²) < 4.78 is 40.1. The van der Waals surface area contributed by atoms with Crippen molar-refractivity contribution in [3.05, 3.63) is 29.5 Å². The Labute approximate surface area is 71.8 Å². The van der Waals surface area contributed by atoms with Crippen LogP contribution in [-0.2, 0) is 4.74 Å². The molecule has 0 aromatic carbocycles. The van der Waals surface area contributed by atoms with Crippen LogP contribution in [0.4, 0.5) is 13.2 Å². The molecule has 0 saturated heterocycles. The van der Waals surface area contributed by atoms with E-state index in [4.69, 9.17) is 0 Å². The van der Waals surface area contributed by atoms with Crippen LogP contribution in [0.15, 0.2) is 17.5 Å². The van der Waals surface area contributed by atoms with Crippen LogP contribution >= 0.6 is 11.3 Å². The van der Waals surface area contributed by atoms with Crippen molar-refractivity contribution in [3.63, 3.8) is 0 Å². The Bertz CT molecular complexity index is 229. The summed E-state index contributed by atoms with van der Waals surface area (Å²) in [5.41, 5.74) is 0. The fourth-order valence-corrected chi connectivity index (χ4v) is 1.53. The Morgan fingerprint density at radius 2 is 2.17 bits per heavy atom. The fraction of sp³-hybridized carbons (Fsp3) is 0.286. The van der Waals surface area contributed by atoms with E-state index in [1.807, 2.05) is 0 Å². The van der Waals surface area contributed by atoms with Crippen LogP contribution < -0.4 is 0 Å². The number of thiophene rings is 1. The highest BCUT2D eigenvalue weighted by molar-refractivity contribution is 7.10. The predicted octanol–water partition coefficient (Wildman–Crippen LogP) is 3.04. The molecule has 0 aliphatic carbocycles. The maximum absolute atomic E-state index is 12.1. The summed E-state index contributed by atoms with van der Waals surface area (Å²) in [6.45, 7) is 0. The smallest absolute Gasteiger partial charge is 0.354 e. The van der Waals surface area contributed by atoms with Gasteiger partial charge in [0.25, 0.3) is 0 Å². The SMILES string of the molecule is [CH]OC(c1cccs1)C(F)(F)F. The van der Waals surface area contributed by atoms with Crippen molar-refractivity contribution in [2.24, 2.45) is 0 Å². The summed E-state index contributed by atoms with van der Waals surface area (Å²) in [6.07, 6.45) is -6.45. The summed E-state index contributed by atoms with van der Waals surface area (Å²) in [5.74, 6) is 0. The molecule has 0 fully saturated rings. The van der Waals surface area contributed by atoms with Crippen LogP contribution in [0.3, 0.4) is 0 Å². The summed E-state index contributed by atoms with van der Waals surface area (Å²) in [7, 11) is 4.54. The van der Waals surface area contributed by atoms with Gasteiger partial charge in [0.1, 0.15) is 7.11 Å². The standard InChI is InChI=1S/C7H5F3OS/c1-11-6(7(8,9)10)5-3-2-4-12-5/h1-4,6H. The van der Waals surface area contributed by atoms with E-state index < -0.39 is 12.3 Å². The minimum atomic E-state index is -4.44. The monoisotopic (exact) mass is 194 g/mol. The molecule has 0 aliphatic heterocycles. The van der Waals surface area contributed by atoms with Crippen LogP contribution in [0, 0.1) is 7.11 Å². The van der Waals surface area contributed by atoms with Gasteiger partial charge >= 0.3 is 6.18 Å². The van der Waals surface area contributed by atoms with Gasteiger partial charge in [0.05, 0.1) is 0 Å². The van der Waals surface area contributed by atoms with Crippen LogP contribution in [0.2, 0.25) is 0 Å². The molecule has 1 aromatic rings. The van der Waals surface area contributed by atoms with Gasteiger partial charge < -0.3 is 4.74 Å². The number of ether oxygens (including phenoxy) is 1. The first-order valence-electron chi connectivity index (χ1n) is 3.01. The Kier molecular flexibility index (Phi) is 2.74. The van der Waals surface area contributed by atoms with Crippen molar-refractivity contribution < 1.29 is 17.9 Å². The third-order valence-corrected chi connectivity index (χ3v) is 2.15. The quantitative estimate of drug-likeness (QED) is 0.703. The van der Waals surface area contributed by atoms with Crippen molar-refractivity contribution in [1.82, 2.24) is 0 Å². The van der Waals surface area contributed by atoms with Crippen molar-refractivity contribution >= 4 is 11.3 Å². The third kappa shape index (κ3) is 1.98. The zero-order valence-corrected chi connectivity index (χ0v) is 6.65. The lowest BCUT2D eigenvalue weighted by Crippen LogP contribution is -2.20. The Hall–Kier alpha value is -0.550. The predicted molar refractivity (Wildman–Crippen MR) is 38.5 cm³/mol. The van der Waals surface area contributed by atoms with Gasteiger partial charge in [-0.2, -0.15) is 13.2 Å². The molecule has 2 radical (unpaired) electrons. The van der Waals surface area contributed by atoms with Gasteiger partial charge in [0, 0.05) is 4.88 Å². The average molecular weight is 194 g/mol. The van der Waals surface area contributed by atoms with Crippen molar-refractivity contribution in [2.75, 3.05) is 0 Å². The average Bonchev–Trinajstić information content (AvgIpc) is 2.38. The molecule has 5 heteroatoms. The molecule has 66 valence electrons. The summed E-state index contributed by atoms with van der Waals surface area (Å²) in [6, 6.07) is 2.84. The van der Waals surface area contributed by atoms with Gasteiger partial charge in [-0.25, -0.2) is 0 Å². The minimum absolute atomic E-state index is 0.0602. The van der Waals surface area contributed by atoms with Crippen LogP contribution in [0.25, 0.3) is 0 Å². The molecular formula is C7H5F3OS. The van der Waals surface area contributed by atoms with Gasteiger partial charge in [-0.15, -0.1) is 11.3 Å². The molecule has 0 aliphatic rings. The third-order valence-electron chi connectivity index (χ3n) is 1.23. The van der Waals surface area contributed by atoms with E-state index in [9.17, 15) is 13.2 Å². The largest absolute Gasteiger partial charge is 0.419 e. The number of hydrogen-bond donors (Lipinski definition) is 0. The van der Waals surface area contributed by atoms with E-state index in [-0.39, 0.29) is 4.88 Å². The lowest BCUT2D eigenvalue weighted by atomic mass is 10.3. The molecule has 0 bridgehead atoms. The summed E-state index contributed by atoms with van der Waals surface area (Å²) >= 11 is 0.957. The second kappa shape index (κ2) is 3.45. The number of rotatable bonds is 2. The molecule has 0 saturated carbocycles. The second-order valence-corrected chi connectivity index (χ2v) is 3.05. The molecule has 0 spiro atoms. The summed E-state index contributed by atoms with van der Waals surface area (Å²) in [5, 5.41) is 1.53. The van der Waals surface area contributed by atoms with E-state index >= 15 is 0 Å². The van der Waals surface area contributed by atoms with E-state index in [1.165, 1.54) is 17.5 Å². The summed E-state index contributed by atoms with van der Waals surface area (Å²) in [4.78, 5) is 0.0602. The maximum atomic E-state index is 12.1. The highest BCUT2D eigenvalue weighted by Crippen LogP contribution is 2.37. The van der Waals surface area contributed by atoms with E-state index in [0.29, 0.717) is 0 Å². The zero-order chi connectivity index (χ0) is 9.19. The van der Waals surface area contributed by atoms with Gasteiger partial charge in [0.15, 0.2) is 6.10 Å². The number of alkyl halides is 3. The molecule has 1 aromatic heterocycles. The molecule has 0 N–H and O–H groups in total. The molecule has 1 rings (SSSR count). The molecule has 1 heterocycles. The Morgan fingerprint density at radius 1 is 1.50 bits per heavy atom. The van der Waals surface area contributed by atoms with Crippen LogP contribution in [-0.4, -0.2) is 6.18 Å². The lowest BCUT2D eigenvalue weighted by molar-refractivity contribution is -0.208. The highest BCUT2D eigenvalue weighted by Gasteiger charge is 2.41.